The fourth-order valence-electron chi connectivity index (χ4n) is 3.43. The molecule has 28 heavy (non-hydrogen) atoms. The number of pyridine rings is 1. The van der Waals surface area contributed by atoms with Gasteiger partial charge in [-0.15, -0.1) is 0 Å². The van der Waals surface area contributed by atoms with Crippen molar-refractivity contribution in [3.05, 3.63) is 91.0 Å². The molecule has 4 aromatic rings. The molecule has 0 fully saturated rings. The summed E-state index contributed by atoms with van der Waals surface area (Å²) in [6.45, 7) is 1.18. The van der Waals surface area contributed by atoms with Gasteiger partial charge in [-0.3, -0.25) is 0 Å². The molecule has 0 saturated heterocycles. The van der Waals surface area contributed by atoms with Crippen molar-refractivity contribution in [1.29, 1.82) is 0 Å². The molecule has 0 N–H and O–H groups in total. The molecule has 3 nitrogen and oxygen atoms in total. The highest BCUT2D eigenvalue weighted by Crippen LogP contribution is 2.36. The maximum Gasteiger partial charge on any atom is 0.161 e. The minimum absolute atomic E-state index is 0.581. The van der Waals surface area contributed by atoms with Gasteiger partial charge >= 0.3 is 0 Å². The van der Waals surface area contributed by atoms with E-state index < -0.39 is 0 Å². The lowest BCUT2D eigenvalue weighted by Crippen LogP contribution is -2.15. The van der Waals surface area contributed by atoms with Gasteiger partial charge in [0.15, 0.2) is 11.5 Å². The van der Waals surface area contributed by atoms with E-state index in [0.717, 1.165) is 45.1 Å². The second kappa shape index (κ2) is 7.20. The molecule has 0 bridgehead atoms. The zero-order valence-electron chi connectivity index (χ0n) is 15.3. The minimum Gasteiger partial charge on any atom is -0.486 e. The molecule has 0 saturated carbocycles. The van der Waals surface area contributed by atoms with Gasteiger partial charge in [0.1, 0.15) is 13.2 Å². The Morgan fingerprint density at radius 3 is 1.68 bits per heavy atom. The Labute approximate surface area is 164 Å². The van der Waals surface area contributed by atoms with Crippen LogP contribution >= 0.6 is 0 Å². The Kier molecular flexibility index (Phi) is 4.26. The number of rotatable bonds is 3. The van der Waals surface area contributed by atoms with E-state index in [2.05, 4.69) is 42.5 Å². The molecule has 3 aromatic carbocycles. The molecule has 3 heteroatoms. The SMILES string of the molecule is c1ccc(-c2cc(-c3ccc4c(c3)OCCO4)cc(-c3ccccc3)n2)cc1. The fourth-order valence-corrected chi connectivity index (χ4v) is 3.43. The molecular weight excluding hydrogens is 346 g/mol. The molecule has 0 unspecified atom stereocenters. The van der Waals surface area contributed by atoms with Crippen molar-refractivity contribution in [3.63, 3.8) is 0 Å². The second-order valence-corrected chi connectivity index (χ2v) is 6.72. The average molecular weight is 365 g/mol. The van der Waals surface area contributed by atoms with Gasteiger partial charge in [0.25, 0.3) is 0 Å². The van der Waals surface area contributed by atoms with Gasteiger partial charge in [-0.1, -0.05) is 66.7 Å². The van der Waals surface area contributed by atoms with Crippen LogP contribution in [0.15, 0.2) is 91.0 Å². The maximum atomic E-state index is 5.77. The fraction of sp³-hybridized carbons (Fsp3) is 0.0800. The van der Waals surface area contributed by atoms with Crippen LogP contribution in [0.1, 0.15) is 0 Å². The monoisotopic (exact) mass is 365 g/mol. The van der Waals surface area contributed by atoms with Gasteiger partial charge < -0.3 is 9.47 Å². The lowest BCUT2D eigenvalue weighted by molar-refractivity contribution is 0.171. The van der Waals surface area contributed by atoms with Crippen LogP contribution in [0.2, 0.25) is 0 Å². The number of benzene rings is 3. The smallest absolute Gasteiger partial charge is 0.161 e. The predicted molar refractivity (Wildman–Crippen MR) is 112 cm³/mol. The van der Waals surface area contributed by atoms with Gasteiger partial charge in [-0.25, -0.2) is 4.98 Å². The Hall–Kier alpha value is -3.59. The summed E-state index contributed by atoms with van der Waals surface area (Å²) in [6.07, 6.45) is 0. The highest BCUT2D eigenvalue weighted by molar-refractivity contribution is 5.77. The van der Waals surface area contributed by atoms with E-state index in [1.54, 1.807) is 0 Å². The van der Waals surface area contributed by atoms with Crippen LogP contribution in [-0.4, -0.2) is 18.2 Å². The molecule has 2 heterocycles. The quantitative estimate of drug-likeness (QED) is 0.456. The van der Waals surface area contributed by atoms with Crippen molar-refractivity contribution in [2.45, 2.75) is 0 Å². The zero-order chi connectivity index (χ0) is 18.8. The van der Waals surface area contributed by atoms with Crippen LogP contribution in [0, 0.1) is 0 Å². The first-order chi connectivity index (χ1) is 13.9. The first kappa shape index (κ1) is 16.6. The summed E-state index contributed by atoms with van der Waals surface area (Å²) in [5, 5.41) is 0. The summed E-state index contributed by atoms with van der Waals surface area (Å²) in [5.41, 5.74) is 6.28. The third kappa shape index (κ3) is 3.23. The normalized spacial score (nSPS) is 12.6. The molecule has 136 valence electrons. The van der Waals surface area contributed by atoms with E-state index >= 15 is 0 Å². The molecule has 5 rings (SSSR count). The molecule has 1 aliphatic rings. The highest BCUT2D eigenvalue weighted by Gasteiger charge is 2.14. The third-order valence-electron chi connectivity index (χ3n) is 4.84. The van der Waals surface area contributed by atoms with Crippen molar-refractivity contribution in [2.24, 2.45) is 0 Å². The predicted octanol–water partition coefficient (Wildman–Crippen LogP) is 5.85. The summed E-state index contributed by atoms with van der Waals surface area (Å²) in [5.74, 6) is 1.60. The maximum absolute atomic E-state index is 5.77. The number of ether oxygens (including phenoxy) is 2. The van der Waals surface area contributed by atoms with Gasteiger partial charge in [-0.2, -0.15) is 0 Å². The van der Waals surface area contributed by atoms with Crippen LogP contribution in [0.3, 0.4) is 0 Å². The molecule has 0 spiro atoms. The summed E-state index contributed by atoms with van der Waals surface area (Å²) in [4.78, 5) is 4.93. The van der Waals surface area contributed by atoms with Crippen molar-refractivity contribution in [3.8, 4) is 45.1 Å². The first-order valence-corrected chi connectivity index (χ1v) is 9.40. The second-order valence-electron chi connectivity index (χ2n) is 6.72. The van der Waals surface area contributed by atoms with E-state index in [-0.39, 0.29) is 0 Å². The summed E-state index contributed by atoms with van der Waals surface area (Å²) < 4.78 is 11.4. The lowest BCUT2D eigenvalue weighted by Gasteiger charge is -2.19. The number of nitrogens with zero attached hydrogens (tertiary/aromatic N) is 1. The largest absolute Gasteiger partial charge is 0.486 e. The molecule has 0 amide bonds. The van der Waals surface area contributed by atoms with E-state index in [1.807, 2.05) is 48.5 Å². The molecule has 1 aliphatic heterocycles. The van der Waals surface area contributed by atoms with E-state index in [4.69, 9.17) is 14.5 Å². The molecule has 0 aliphatic carbocycles. The van der Waals surface area contributed by atoms with E-state index in [9.17, 15) is 0 Å². The summed E-state index contributed by atoms with van der Waals surface area (Å²) >= 11 is 0. The topological polar surface area (TPSA) is 31.4 Å². The van der Waals surface area contributed by atoms with Crippen LogP contribution in [0.4, 0.5) is 0 Å². The molecule has 0 atom stereocenters. The Bertz CT molecular complexity index is 1050. The Balaban J connectivity index is 1.67. The standard InChI is InChI=1S/C25H19NO2/c1-3-7-18(8-4-1)22-15-21(16-23(26-22)19-9-5-2-6-10-19)20-11-12-24-25(17-20)28-14-13-27-24/h1-12,15-17H,13-14H2. The highest BCUT2D eigenvalue weighted by atomic mass is 16.6. The van der Waals surface area contributed by atoms with Crippen LogP contribution in [0.5, 0.6) is 11.5 Å². The Morgan fingerprint density at radius 2 is 1.07 bits per heavy atom. The summed E-state index contributed by atoms with van der Waals surface area (Å²) in [6, 6.07) is 30.9. The number of hydrogen-bond donors (Lipinski definition) is 0. The van der Waals surface area contributed by atoms with Crippen LogP contribution < -0.4 is 9.47 Å². The molecule has 0 radical (unpaired) electrons. The van der Waals surface area contributed by atoms with Gasteiger partial charge in [-0.05, 0) is 35.4 Å². The van der Waals surface area contributed by atoms with Crippen LogP contribution in [0.25, 0.3) is 33.6 Å². The van der Waals surface area contributed by atoms with Gasteiger partial charge in [0.05, 0.1) is 11.4 Å². The van der Waals surface area contributed by atoms with Crippen LogP contribution in [-0.2, 0) is 0 Å². The van der Waals surface area contributed by atoms with Crippen molar-refractivity contribution < 1.29 is 9.47 Å². The summed E-state index contributed by atoms with van der Waals surface area (Å²) in [7, 11) is 0. The third-order valence-corrected chi connectivity index (χ3v) is 4.84. The number of aromatic nitrogens is 1. The minimum atomic E-state index is 0.581. The van der Waals surface area contributed by atoms with Crippen molar-refractivity contribution >= 4 is 0 Å². The average Bonchev–Trinajstić information content (AvgIpc) is 2.79. The first-order valence-electron chi connectivity index (χ1n) is 9.40. The van der Waals surface area contributed by atoms with Gasteiger partial charge in [0.2, 0.25) is 0 Å². The van der Waals surface area contributed by atoms with Gasteiger partial charge in [0, 0.05) is 11.1 Å². The molecule has 1 aromatic heterocycles. The van der Waals surface area contributed by atoms with E-state index in [0.29, 0.717) is 13.2 Å². The molecular formula is C25H19NO2. The number of hydrogen-bond acceptors (Lipinski definition) is 3. The zero-order valence-corrected chi connectivity index (χ0v) is 15.3. The Morgan fingerprint density at radius 1 is 0.500 bits per heavy atom. The number of fused-ring (bicyclic) bond motifs is 1. The van der Waals surface area contributed by atoms with Crippen molar-refractivity contribution in [2.75, 3.05) is 13.2 Å². The lowest BCUT2D eigenvalue weighted by atomic mass is 9.99. The van der Waals surface area contributed by atoms with E-state index in [1.165, 1.54) is 0 Å². The van der Waals surface area contributed by atoms with Crippen molar-refractivity contribution in [1.82, 2.24) is 4.98 Å².